The van der Waals surface area contributed by atoms with Gasteiger partial charge in [0.2, 0.25) is 11.8 Å². The smallest absolute Gasteiger partial charge is 0.279 e. The number of benzene rings is 1. The van der Waals surface area contributed by atoms with Crippen LogP contribution in [0, 0.1) is 0 Å². The molecule has 1 aromatic carbocycles. The standard InChI is InChI=1S/C22H26ClN3O3S/c1-14(27)24-18(15-8-10-17(23)11-9-15)13-21(28)25-26-22(29)20-12-16-6-4-2-3-5-7-19(16)30-20/h8-12,18H,2-7,13H2,1H3,(H,24,27)(H,25,28)(H,26,29). The van der Waals surface area contributed by atoms with Crippen LogP contribution in [0.15, 0.2) is 30.3 Å². The van der Waals surface area contributed by atoms with Crippen LogP contribution in [0.4, 0.5) is 0 Å². The Balaban J connectivity index is 1.58. The first-order valence-corrected chi connectivity index (χ1v) is 11.3. The first kappa shape index (κ1) is 22.3. The molecule has 3 rings (SSSR count). The van der Waals surface area contributed by atoms with E-state index in [9.17, 15) is 14.4 Å². The Hall–Kier alpha value is -2.38. The number of hydrazine groups is 1. The van der Waals surface area contributed by atoms with E-state index in [1.165, 1.54) is 41.5 Å². The highest BCUT2D eigenvalue weighted by Gasteiger charge is 2.19. The molecule has 0 saturated heterocycles. The van der Waals surface area contributed by atoms with Gasteiger partial charge in [0.15, 0.2) is 0 Å². The van der Waals surface area contributed by atoms with E-state index in [-0.39, 0.29) is 18.2 Å². The first-order chi connectivity index (χ1) is 14.4. The number of carbonyl (C=O) groups excluding carboxylic acids is 3. The van der Waals surface area contributed by atoms with Gasteiger partial charge in [0.05, 0.1) is 17.3 Å². The van der Waals surface area contributed by atoms with Crippen molar-refractivity contribution in [2.75, 3.05) is 0 Å². The number of halogens is 1. The van der Waals surface area contributed by atoms with Crippen molar-refractivity contribution in [1.82, 2.24) is 16.2 Å². The van der Waals surface area contributed by atoms with Gasteiger partial charge in [0.1, 0.15) is 0 Å². The van der Waals surface area contributed by atoms with Gasteiger partial charge in [-0.25, -0.2) is 0 Å². The molecule has 3 N–H and O–H groups in total. The third-order valence-electron chi connectivity index (χ3n) is 5.08. The van der Waals surface area contributed by atoms with Gasteiger partial charge in [-0.05, 0) is 55.0 Å². The van der Waals surface area contributed by atoms with Gasteiger partial charge in [-0.1, -0.05) is 36.6 Å². The largest absolute Gasteiger partial charge is 0.349 e. The quantitative estimate of drug-likeness (QED) is 0.603. The number of amides is 3. The number of carbonyl (C=O) groups is 3. The number of nitrogens with one attached hydrogen (secondary N) is 3. The third-order valence-corrected chi connectivity index (χ3v) is 6.56. The average Bonchev–Trinajstić information content (AvgIpc) is 3.08. The fraction of sp³-hybridized carbons (Fsp3) is 0.409. The molecule has 8 heteroatoms. The lowest BCUT2D eigenvalue weighted by molar-refractivity contribution is -0.123. The lowest BCUT2D eigenvalue weighted by Gasteiger charge is -2.18. The predicted octanol–water partition coefficient (Wildman–Crippen LogP) is 4.09. The van der Waals surface area contributed by atoms with Crippen LogP contribution in [0.25, 0.3) is 0 Å². The van der Waals surface area contributed by atoms with Crippen LogP contribution in [0.2, 0.25) is 5.02 Å². The van der Waals surface area contributed by atoms with Crippen molar-refractivity contribution in [3.63, 3.8) is 0 Å². The Morgan fingerprint density at radius 3 is 2.43 bits per heavy atom. The van der Waals surface area contributed by atoms with Crippen molar-refractivity contribution in [3.05, 3.63) is 56.2 Å². The Morgan fingerprint density at radius 2 is 1.73 bits per heavy atom. The van der Waals surface area contributed by atoms with Crippen LogP contribution < -0.4 is 16.2 Å². The Bertz CT molecular complexity index is 885. The van der Waals surface area contributed by atoms with Gasteiger partial charge < -0.3 is 5.32 Å². The maximum Gasteiger partial charge on any atom is 0.279 e. The van der Waals surface area contributed by atoms with E-state index in [2.05, 4.69) is 16.2 Å². The van der Waals surface area contributed by atoms with Crippen LogP contribution in [-0.2, 0) is 22.4 Å². The highest BCUT2D eigenvalue weighted by Crippen LogP contribution is 2.28. The molecule has 1 atom stereocenters. The van der Waals surface area contributed by atoms with Crippen molar-refractivity contribution < 1.29 is 14.4 Å². The summed E-state index contributed by atoms with van der Waals surface area (Å²) in [4.78, 5) is 38.3. The number of hydrogen-bond acceptors (Lipinski definition) is 4. The van der Waals surface area contributed by atoms with E-state index >= 15 is 0 Å². The molecule has 0 aliphatic heterocycles. The summed E-state index contributed by atoms with van der Waals surface area (Å²) >= 11 is 7.42. The summed E-state index contributed by atoms with van der Waals surface area (Å²) in [5.74, 6) is -0.961. The average molecular weight is 448 g/mol. The molecule has 0 radical (unpaired) electrons. The van der Waals surface area contributed by atoms with Crippen LogP contribution in [-0.4, -0.2) is 17.7 Å². The fourth-order valence-corrected chi connectivity index (χ4v) is 4.85. The molecular weight excluding hydrogens is 422 g/mol. The van der Waals surface area contributed by atoms with Crippen molar-refractivity contribution in [2.24, 2.45) is 0 Å². The van der Waals surface area contributed by atoms with E-state index in [4.69, 9.17) is 11.6 Å². The molecule has 30 heavy (non-hydrogen) atoms. The molecule has 1 aromatic heterocycles. The molecule has 1 aliphatic carbocycles. The maximum atomic E-state index is 12.5. The molecule has 0 bridgehead atoms. The van der Waals surface area contributed by atoms with Gasteiger partial charge in [-0.3, -0.25) is 25.2 Å². The monoisotopic (exact) mass is 447 g/mol. The number of hydrogen-bond donors (Lipinski definition) is 3. The van der Waals surface area contributed by atoms with Crippen molar-refractivity contribution in [3.8, 4) is 0 Å². The van der Waals surface area contributed by atoms with Crippen molar-refractivity contribution >= 4 is 40.7 Å². The summed E-state index contributed by atoms with van der Waals surface area (Å²) < 4.78 is 0. The second-order valence-electron chi connectivity index (χ2n) is 7.48. The second-order valence-corrected chi connectivity index (χ2v) is 9.06. The molecule has 1 heterocycles. The minimum atomic E-state index is -0.516. The summed E-state index contributed by atoms with van der Waals surface area (Å²) in [5, 5.41) is 3.33. The van der Waals surface area contributed by atoms with Crippen molar-refractivity contribution in [2.45, 2.75) is 57.9 Å². The zero-order valence-electron chi connectivity index (χ0n) is 16.9. The van der Waals surface area contributed by atoms with Crippen molar-refractivity contribution in [1.29, 1.82) is 0 Å². The topological polar surface area (TPSA) is 87.3 Å². The summed E-state index contributed by atoms with van der Waals surface area (Å²) in [6.07, 6.45) is 6.78. The van der Waals surface area contributed by atoms with E-state index < -0.39 is 11.9 Å². The van der Waals surface area contributed by atoms with E-state index in [0.717, 1.165) is 31.2 Å². The van der Waals surface area contributed by atoms with E-state index in [0.29, 0.717) is 9.90 Å². The Kier molecular flexibility index (Phi) is 7.87. The Labute approximate surface area is 185 Å². The summed E-state index contributed by atoms with van der Waals surface area (Å²) in [6, 6.07) is 8.36. The van der Waals surface area contributed by atoms with Gasteiger partial charge in [0, 0.05) is 16.8 Å². The zero-order valence-corrected chi connectivity index (χ0v) is 18.5. The minimum Gasteiger partial charge on any atom is -0.349 e. The summed E-state index contributed by atoms with van der Waals surface area (Å²) in [7, 11) is 0. The number of thiophene rings is 1. The molecule has 1 aliphatic rings. The Morgan fingerprint density at radius 1 is 1.03 bits per heavy atom. The van der Waals surface area contributed by atoms with Gasteiger partial charge in [-0.15, -0.1) is 11.3 Å². The second kappa shape index (κ2) is 10.6. The lowest BCUT2D eigenvalue weighted by Crippen LogP contribution is -2.43. The summed E-state index contributed by atoms with van der Waals surface area (Å²) in [5.41, 5.74) is 6.97. The van der Waals surface area contributed by atoms with Gasteiger partial charge in [-0.2, -0.15) is 0 Å². The van der Waals surface area contributed by atoms with E-state index in [1.54, 1.807) is 24.3 Å². The van der Waals surface area contributed by atoms with Gasteiger partial charge in [0.25, 0.3) is 5.91 Å². The normalized spacial score (nSPS) is 14.6. The fourth-order valence-electron chi connectivity index (χ4n) is 3.57. The molecule has 0 spiro atoms. The third kappa shape index (κ3) is 6.31. The minimum absolute atomic E-state index is 0.0115. The molecule has 0 saturated carbocycles. The SMILES string of the molecule is CC(=O)NC(CC(=O)NNC(=O)c1cc2c(s1)CCCCCC2)c1ccc(Cl)cc1. The van der Waals surface area contributed by atoms with Crippen LogP contribution in [0.1, 0.15) is 70.7 Å². The summed E-state index contributed by atoms with van der Waals surface area (Å²) in [6.45, 7) is 1.39. The molecule has 3 amide bonds. The molecule has 2 aromatic rings. The zero-order chi connectivity index (χ0) is 21.5. The van der Waals surface area contributed by atoms with Crippen LogP contribution in [0.5, 0.6) is 0 Å². The van der Waals surface area contributed by atoms with Crippen LogP contribution in [0.3, 0.4) is 0 Å². The molecular formula is C22H26ClN3O3S. The highest BCUT2D eigenvalue weighted by molar-refractivity contribution is 7.14. The number of rotatable bonds is 5. The highest BCUT2D eigenvalue weighted by atomic mass is 35.5. The molecule has 1 unspecified atom stereocenters. The molecule has 0 fully saturated rings. The lowest BCUT2D eigenvalue weighted by atomic mass is 10.00. The molecule has 6 nitrogen and oxygen atoms in total. The van der Waals surface area contributed by atoms with Crippen LogP contribution >= 0.6 is 22.9 Å². The molecule has 160 valence electrons. The first-order valence-electron chi connectivity index (χ1n) is 10.2. The predicted molar refractivity (Wildman–Crippen MR) is 118 cm³/mol. The number of aryl methyl sites for hydroxylation is 2. The van der Waals surface area contributed by atoms with Gasteiger partial charge >= 0.3 is 0 Å². The number of fused-ring (bicyclic) bond motifs is 1. The maximum absolute atomic E-state index is 12.5. The van der Waals surface area contributed by atoms with E-state index in [1.807, 2.05) is 6.07 Å².